The summed E-state index contributed by atoms with van der Waals surface area (Å²) >= 11 is 0. The van der Waals surface area contributed by atoms with E-state index in [1.807, 2.05) is 0 Å². The van der Waals surface area contributed by atoms with Crippen molar-refractivity contribution in [3.63, 3.8) is 0 Å². The molecule has 1 saturated heterocycles. The number of hydrogen-bond donors (Lipinski definition) is 2. The van der Waals surface area contributed by atoms with Gasteiger partial charge in [0.2, 0.25) is 11.8 Å². The number of rotatable bonds is 6. The van der Waals surface area contributed by atoms with E-state index in [0.29, 0.717) is 35.7 Å². The first kappa shape index (κ1) is 21.4. The average Bonchev–Trinajstić information content (AvgIpc) is 2.73. The number of halogens is 1. The Morgan fingerprint density at radius 3 is 2.60 bits per heavy atom. The van der Waals surface area contributed by atoms with E-state index in [2.05, 4.69) is 15.3 Å². The van der Waals surface area contributed by atoms with Crippen molar-refractivity contribution < 1.29 is 18.8 Å². The van der Waals surface area contributed by atoms with Gasteiger partial charge in [-0.05, 0) is 50.5 Å². The molecule has 3 N–H and O–H groups in total. The highest BCUT2D eigenvalue weighted by atomic mass is 19.1. The zero-order valence-corrected chi connectivity index (χ0v) is 16.7. The van der Waals surface area contributed by atoms with Gasteiger partial charge in [0.05, 0.1) is 17.3 Å². The van der Waals surface area contributed by atoms with Gasteiger partial charge in [0.1, 0.15) is 5.82 Å². The molecule has 3 amide bonds. The van der Waals surface area contributed by atoms with Crippen LogP contribution < -0.4 is 11.1 Å². The predicted molar refractivity (Wildman–Crippen MR) is 108 cm³/mol. The first-order chi connectivity index (χ1) is 14.3. The van der Waals surface area contributed by atoms with Crippen molar-refractivity contribution in [2.45, 2.75) is 45.1 Å². The van der Waals surface area contributed by atoms with Crippen molar-refractivity contribution in [2.24, 2.45) is 5.73 Å². The minimum absolute atomic E-state index is 0.00440. The quantitative estimate of drug-likeness (QED) is 0.754. The summed E-state index contributed by atoms with van der Waals surface area (Å²) in [6.45, 7) is 2.27. The summed E-state index contributed by atoms with van der Waals surface area (Å²) in [4.78, 5) is 46.6. The molecule has 1 unspecified atom stereocenters. The van der Waals surface area contributed by atoms with Crippen LogP contribution in [-0.4, -0.2) is 39.1 Å². The van der Waals surface area contributed by atoms with Crippen LogP contribution in [0.3, 0.4) is 0 Å². The lowest BCUT2D eigenvalue weighted by Gasteiger charge is -2.35. The van der Waals surface area contributed by atoms with Gasteiger partial charge in [-0.15, -0.1) is 0 Å². The Balaban J connectivity index is 1.75. The molecule has 0 spiro atoms. The number of nitrogens with two attached hydrogens (primary N) is 1. The second-order valence-electron chi connectivity index (χ2n) is 7.25. The summed E-state index contributed by atoms with van der Waals surface area (Å²) in [6, 6.07) is 5.15. The van der Waals surface area contributed by atoms with Gasteiger partial charge in [-0.2, -0.15) is 0 Å². The maximum absolute atomic E-state index is 13.0. The van der Waals surface area contributed by atoms with Crippen LogP contribution in [0.25, 0.3) is 0 Å². The van der Waals surface area contributed by atoms with Crippen molar-refractivity contribution in [1.82, 2.24) is 14.9 Å². The van der Waals surface area contributed by atoms with Crippen LogP contribution in [0.5, 0.6) is 0 Å². The van der Waals surface area contributed by atoms with E-state index in [-0.39, 0.29) is 30.6 Å². The predicted octanol–water partition coefficient (Wildman–Crippen LogP) is 2.50. The van der Waals surface area contributed by atoms with E-state index in [1.165, 1.54) is 30.5 Å². The molecule has 0 radical (unpaired) electrons. The molecule has 2 aromatic rings. The summed E-state index contributed by atoms with van der Waals surface area (Å²) in [6.07, 6.45) is 4.02. The molecule has 1 fully saturated rings. The minimum atomic E-state index is -0.513. The number of anilines is 1. The first-order valence-electron chi connectivity index (χ1n) is 9.83. The van der Waals surface area contributed by atoms with E-state index in [4.69, 9.17) is 5.73 Å². The normalized spacial score (nSPS) is 16.2. The van der Waals surface area contributed by atoms with Gasteiger partial charge in [-0.25, -0.2) is 14.4 Å². The molecule has 8 nitrogen and oxygen atoms in total. The SMILES string of the molecule is Cc1nc(C2CCCCN2C(=O)CCC(N)=O)ncc1C(=O)Nc1ccc(F)cc1. The Morgan fingerprint density at radius 2 is 1.93 bits per heavy atom. The lowest BCUT2D eigenvalue weighted by molar-refractivity contribution is -0.136. The number of aromatic nitrogens is 2. The third-order valence-corrected chi connectivity index (χ3v) is 5.05. The number of amides is 3. The monoisotopic (exact) mass is 413 g/mol. The summed E-state index contributed by atoms with van der Waals surface area (Å²) in [5.41, 5.74) is 6.39. The van der Waals surface area contributed by atoms with Crippen molar-refractivity contribution in [1.29, 1.82) is 0 Å². The minimum Gasteiger partial charge on any atom is -0.370 e. The summed E-state index contributed by atoms with van der Waals surface area (Å²) < 4.78 is 13.0. The highest BCUT2D eigenvalue weighted by Crippen LogP contribution is 2.30. The van der Waals surface area contributed by atoms with Crippen molar-refractivity contribution in [2.75, 3.05) is 11.9 Å². The third kappa shape index (κ3) is 5.16. The number of primary amides is 1. The topological polar surface area (TPSA) is 118 Å². The highest BCUT2D eigenvalue weighted by molar-refractivity contribution is 6.04. The van der Waals surface area contributed by atoms with Crippen molar-refractivity contribution in [3.8, 4) is 0 Å². The summed E-state index contributed by atoms with van der Waals surface area (Å²) in [5.74, 6) is -0.987. The lowest BCUT2D eigenvalue weighted by atomic mass is 10.00. The van der Waals surface area contributed by atoms with Gasteiger partial charge in [-0.1, -0.05) is 0 Å². The van der Waals surface area contributed by atoms with Gasteiger partial charge in [0.25, 0.3) is 5.91 Å². The fraction of sp³-hybridized carbons (Fsp3) is 0.381. The van der Waals surface area contributed by atoms with Gasteiger partial charge >= 0.3 is 0 Å². The summed E-state index contributed by atoms with van der Waals surface area (Å²) in [7, 11) is 0. The van der Waals surface area contributed by atoms with Crippen LogP contribution in [0.15, 0.2) is 30.5 Å². The number of nitrogens with one attached hydrogen (secondary N) is 1. The molecular weight excluding hydrogens is 389 g/mol. The van der Waals surface area contributed by atoms with E-state index in [0.717, 1.165) is 12.8 Å². The van der Waals surface area contributed by atoms with Crippen LogP contribution in [0.4, 0.5) is 10.1 Å². The molecular formula is C21H24FN5O3. The fourth-order valence-electron chi connectivity index (χ4n) is 3.47. The number of likely N-dealkylation sites (tertiary alicyclic amines) is 1. The molecule has 0 saturated carbocycles. The molecule has 2 heterocycles. The van der Waals surface area contributed by atoms with Gasteiger partial charge in [0, 0.05) is 31.3 Å². The summed E-state index contributed by atoms with van der Waals surface area (Å²) in [5, 5.41) is 2.69. The molecule has 1 aliphatic heterocycles. The third-order valence-electron chi connectivity index (χ3n) is 5.05. The molecule has 0 bridgehead atoms. The van der Waals surface area contributed by atoms with Gasteiger partial charge in [-0.3, -0.25) is 14.4 Å². The molecule has 0 aliphatic carbocycles. The highest BCUT2D eigenvalue weighted by Gasteiger charge is 2.30. The number of nitrogens with zero attached hydrogens (tertiary/aromatic N) is 3. The molecule has 1 aromatic heterocycles. The Labute approximate surface area is 173 Å². The molecule has 1 aliphatic rings. The lowest BCUT2D eigenvalue weighted by Crippen LogP contribution is -2.39. The van der Waals surface area contributed by atoms with Crippen LogP contribution in [0, 0.1) is 12.7 Å². The van der Waals surface area contributed by atoms with Crippen LogP contribution in [-0.2, 0) is 9.59 Å². The molecule has 1 aromatic carbocycles. The first-order valence-corrected chi connectivity index (χ1v) is 9.83. The second kappa shape index (κ2) is 9.43. The Hall–Kier alpha value is -3.36. The molecule has 1 atom stereocenters. The van der Waals surface area contributed by atoms with E-state index in [1.54, 1.807) is 11.8 Å². The molecule has 158 valence electrons. The van der Waals surface area contributed by atoms with Crippen molar-refractivity contribution >= 4 is 23.4 Å². The number of carbonyl (C=O) groups is 3. The second-order valence-corrected chi connectivity index (χ2v) is 7.25. The number of hydrogen-bond acceptors (Lipinski definition) is 5. The Bertz CT molecular complexity index is 948. The van der Waals surface area contributed by atoms with E-state index >= 15 is 0 Å². The molecule has 9 heteroatoms. The van der Waals surface area contributed by atoms with Crippen LogP contribution in [0.1, 0.15) is 60.0 Å². The standard InChI is InChI=1S/C21H24FN5O3/c1-13-16(21(30)26-15-7-5-14(22)6-8-15)12-24-20(25-13)17-4-2-3-11-27(17)19(29)10-9-18(23)28/h5-8,12,17H,2-4,9-11H2,1H3,(H2,23,28)(H,26,30). The maximum Gasteiger partial charge on any atom is 0.259 e. The van der Waals surface area contributed by atoms with Crippen LogP contribution in [0.2, 0.25) is 0 Å². The maximum atomic E-state index is 13.0. The van der Waals surface area contributed by atoms with Crippen molar-refractivity contribution in [3.05, 3.63) is 53.4 Å². The van der Waals surface area contributed by atoms with E-state index in [9.17, 15) is 18.8 Å². The Kier molecular flexibility index (Phi) is 6.71. The van der Waals surface area contributed by atoms with Gasteiger partial charge < -0.3 is 16.0 Å². The number of benzene rings is 1. The number of carbonyl (C=O) groups excluding carboxylic acids is 3. The van der Waals surface area contributed by atoms with Gasteiger partial charge in [0.15, 0.2) is 5.82 Å². The Morgan fingerprint density at radius 1 is 1.20 bits per heavy atom. The van der Waals surface area contributed by atoms with E-state index < -0.39 is 11.8 Å². The zero-order valence-electron chi connectivity index (χ0n) is 16.7. The smallest absolute Gasteiger partial charge is 0.259 e. The number of piperidine rings is 1. The van der Waals surface area contributed by atoms with Crippen LogP contribution >= 0.6 is 0 Å². The fourth-order valence-corrected chi connectivity index (χ4v) is 3.47. The number of aryl methyl sites for hydroxylation is 1. The average molecular weight is 413 g/mol. The molecule has 30 heavy (non-hydrogen) atoms. The zero-order chi connectivity index (χ0) is 21.7. The molecule has 3 rings (SSSR count). The largest absolute Gasteiger partial charge is 0.370 e.